The minimum Gasteiger partial charge on any atom is -0.403 e. The smallest absolute Gasteiger partial charge is 0.403 e. The van der Waals surface area contributed by atoms with Crippen LogP contribution in [0.25, 0.3) is 22.3 Å². The first-order valence-corrected chi connectivity index (χ1v) is 10.3. The molecule has 0 saturated carbocycles. The van der Waals surface area contributed by atoms with Crippen LogP contribution >= 0.6 is 0 Å². The van der Waals surface area contributed by atoms with Gasteiger partial charge in [0.05, 0.1) is 5.56 Å². The lowest BCUT2D eigenvalue weighted by Crippen LogP contribution is -2.23. The van der Waals surface area contributed by atoms with Gasteiger partial charge in [0.1, 0.15) is 5.82 Å². The van der Waals surface area contributed by atoms with Crippen molar-refractivity contribution in [3.05, 3.63) is 60.3 Å². The van der Waals surface area contributed by atoms with Crippen LogP contribution in [0.1, 0.15) is 16.8 Å². The Bertz CT molecular complexity index is 1220. The van der Waals surface area contributed by atoms with Crippen molar-refractivity contribution in [1.29, 1.82) is 0 Å². The number of nitrogens with two attached hydrogens (primary N) is 1. The fraction of sp³-hybridized carbons (Fsp3) is 0.261. The summed E-state index contributed by atoms with van der Waals surface area (Å²) in [7, 11) is 0. The normalized spacial score (nSPS) is 16.0. The van der Waals surface area contributed by atoms with Crippen LogP contribution in [-0.4, -0.2) is 47.0 Å². The maximum Gasteiger partial charge on any atom is 0.573 e. The van der Waals surface area contributed by atoms with E-state index in [0.29, 0.717) is 35.6 Å². The zero-order valence-electron chi connectivity index (χ0n) is 17.7. The van der Waals surface area contributed by atoms with Gasteiger partial charge in [-0.2, -0.15) is 0 Å². The molecule has 1 aliphatic heterocycles. The molecular weight excluding hydrogens is 456 g/mol. The zero-order chi connectivity index (χ0) is 24.5. The van der Waals surface area contributed by atoms with Crippen LogP contribution < -0.4 is 15.4 Å². The lowest BCUT2D eigenvalue weighted by molar-refractivity contribution is -0.275. The van der Waals surface area contributed by atoms with Gasteiger partial charge >= 0.3 is 6.36 Å². The molecule has 2 aromatic heterocycles. The Balaban J connectivity index is 1.73. The first-order chi connectivity index (χ1) is 16.1. The number of anilines is 1. The van der Waals surface area contributed by atoms with Gasteiger partial charge in [-0.15, -0.1) is 13.2 Å². The van der Waals surface area contributed by atoms with E-state index in [-0.39, 0.29) is 23.7 Å². The molecule has 1 amide bonds. The summed E-state index contributed by atoms with van der Waals surface area (Å²) in [5.41, 5.74) is 7.43. The van der Waals surface area contributed by atoms with E-state index in [1.165, 1.54) is 24.7 Å². The summed E-state index contributed by atoms with van der Waals surface area (Å²) in [6.45, 7) is 1.27. The Morgan fingerprint density at radius 2 is 1.91 bits per heavy atom. The summed E-state index contributed by atoms with van der Waals surface area (Å²) in [6.07, 6.45) is 0.110. The second-order valence-corrected chi connectivity index (χ2v) is 7.90. The number of amides is 1. The van der Waals surface area contributed by atoms with Crippen LogP contribution in [0.15, 0.2) is 48.9 Å². The average Bonchev–Trinajstić information content (AvgIpc) is 3.28. The van der Waals surface area contributed by atoms with Gasteiger partial charge in [0, 0.05) is 60.9 Å². The number of nitrogens with zero attached hydrogens (tertiary/aromatic N) is 3. The molecule has 1 fully saturated rings. The maximum absolute atomic E-state index is 14.2. The molecule has 34 heavy (non-hydrogen) atoms. The lowest BCUT2D eigenvalue weighted by atomic mass is 10.0. The number of halogens is 4. The van der Waals surface area contributed by atoms with Crippen molar-refractivity contribution in [2.24, 2.45) is 11.7 Å². The number of pyridine rings is 2. The minimum atomic E-state index is -5.01. The number of hydrogen-bond donors (Lipinski definition) is 2. The van der Waals surface area contributed by atoms with E-state index in [4.69, 9.17) is 5.73 Å². The maximum atomic E-state index is 14.2. The van der Waals surface area contributed by atoms with E-state index in [1.807, 2.05) is 4.90 Å². The molecule has 0 radical (unpaired) electrons. The van der Waals surface area contributed by atoms with E-state index in [1.54, 1.807) is 12.1 Å². The Labute approximate surface area is 191 Å². The summed E-state index contributed by atoms with van der Waals surface area (Å²) >= 11 is 0. The molecule has 11 heteroatoms. The fourth-order valence-electron chi connectivity index (χ4n) is 3.86. The van der Waals surface area contributed by atoms with Gasteiger partial charge in [-0.25, -0.2) is 9.37 Å². The van der Waals surface area contributed by atoms with Gasteiger partial charge < -0.3 is 20.5 Å². The number of carbonyl (C=O) groups excluding carboxylic acids is 1. The molecule has 0 bridgehead atoms. The Morgan fingerprint density at radius 3 is 2.56 bits per heavy atom. The van der Waals surface area contributed by atoms with Crippen molar-refractivity contribution in [3.8, 4) is 28.0 Å². The van der Waals surface area contributed by atoms with Gasteiger partial charge in [0.25, 0.3) is 0 Å². The van der Waals surface area contributed by atoms with Gasteiger partial charge in [-0.1, -0.05) is 6.07 Å². The van der Waals surface area contributed by atoms with E-state index >= 15 is 0 Å². The largest absolute Gasteiger partial charge is 0.573 e. The van der Waals surface area contributed by atoms with E-state index < -0.39 is 23.8 Å². The number of carbonyl (C=O) groups is 1. The zero-order valence-corrected chi connectivity index (χ0v) is 17.7. The summed E-state index contributed by atoms with van der Waals surface area (Å²) in [6, 6.07) is 6.35. The van der Waals surface area contributed by atoms with Crippen LogP contribution in [0.5, 0.6) is 5.75 Å². The highest BCUT2D eigenvalue weighted by molar-refractivity contribution is 5.95. The molecule has 3 N–H and O–H groups in total. The molecule has 7 nitrogen and oxygen atoms in total. The van der Waals surface area contributed by atoms with Crippen molar-refractivity contribution >= 4 is 11.7 Å². The number of rotatable bonds is 6. The van der Waals surface area contributed by atoms with Crippen LogP contribution in [0.4, 0.5) is 23.4 Å². The number of alkyl halides is 3. The van der Waals surface area contributed by atoms with Crippen LogP contribution in [0.3, 0.4) is 0 Å². The predicted molar refractivity (Wildman–Crippen MR) is 115 cm³/mol. The molecule has 1 unspecified atom stereocenters. The number of benzene rings is 1. The molecule has 0 aliphatic carbocycles. The highest BCUT2D eigenvalue weighted by atomic mass is 19.4. The SMILES string of the molecule is NC(=O)c1cnc(N2CCC(CO)C2)c(-c2cncc(-c3ccc(OC(F)(F)F)c(F)c3)c2)c1. The van der Waals surface area contributed by atoms with Crippen LogP contribution in [0.2, 0.25) is 0 Å². The van der Waals surface area contributed by atoms with Crippen molar-refractivity contribution in [1.82, 2.24) is 9.97 Å². The molecule has 1 saturated heterocycles. The lowest BCUT2D eigenvalue weighted by Gasteiger charge is -2.21. The van der Waals surface area contributed by atoms with E-state index in [0.717, 1.165) is 18.6 Å². The van der Waals surface area contributed by atoms with Crippen LogP contribution in [-0.2, 0) is 0 Å². The number of hydrogen-bond acceptors (Lipinski definition) is 6. The van der Waals surface area contributed by atoms with E-state index in [9.17, 15) is 27.5 Å². The standard InChI is InChI=1S/C23H20F4N4O3/c24-19-7-14(1-2-20(19)34-23(25,26)27)15-5-16(9-29-8-15)18-6-17(21(28)33)10-30-22(18)31-4-3-13(11-31)12-32/h1-2,5-10,13,32H,3-4,11-12H2,(H2,28,33). The molecular formula is C23H20F4N4O3. The molecule has 0 spiro atoms. The van der Waals surface area contributed by atoms with Gasteiger partial charge in [-0.3, -0.25) is 9.78 Å². The van der Waals surface area contributed by atoms with Gasteiger partial charge in [0.15, 0.2) is 11.6 Å². The summed E-state index contributed by atoms with van der Waals surface area (Å²) in [5.74, 6) is -2.12. The number of primary amides is 1. The number of ether oxygens (including phenoxy) is 1. The molecule has 1 atom stereocenters. The summed E-state index contributed by atoms with van der Waals surface area (Å²) in [5, 5.41) is 9.48. The second-order valence-electron chi connectivity index (χ2n) is 7.90. The van der Waals surface area contributed by atoms with E-state index in [2.05, 4.69) is 14.7 Å². The van der Waals surface area contributed by atoms with Crippen molar-refractivity contribution in [3.63, 3.8) is 0 Å². The van der Waals surface area contributed by atoms with Gasteiger partial charge in [-0.05, 0) is 36.2 Å². The minimum absolute atomic E-state index is 0.0435. The quantitative estimate of drug-likeness (QED) is 0.526. The summed E-state index contributed by atoms with van der Waals surface area (Å²) < 4.78 is 55.2. The van der Waals surface area contributed by atoms with Crippen molar-refractivity contribution in [2.75, 3.05) is 24.6 Å². The van der Waals surface area contributed by atoms with Crippen molar-refractivity contribution in [2.45, 2.75) is 12.8 Å². The third kappa shape index (κ3) is 5.09. The topological polar surface area (TPSA) is 102 Å². The first-order valence-electron chi connectivity index (χ1n) is 10.3. The summed E-state index contributed by atoms with van der Waals surface area (Å²) in [4.78, 5) is 22.3. The second kappa shape index (κ2) is 9.26. The number of aliphatic hydroxyl groups is 1. The monoisotopic (exact) mass is 476 g/mol. The van der Waals surface area contributed by atoms with Gasteiger partial charge in [0.2, 0.25) is 5.91 Å². The molecule has 1 aromatic carbocycles. The molecule has 178 valence electrons. The Hall–Kier alpha value is -3.73. The van der Waals surface area contributed by atoms with Crippen LogP contribution in [0, 0.1) is 11.7 Å². The molecule has 4 rings (SSSR count). The molecule has 3 heterocycles. The highest BCUT2D eigenvalue weighted by Gasteiger charge is 2.32. The predicted octanol–water partition coefficient (Wildman–Crippen LogP) is 3.77. The molecule has 3 aromatic rings. The first kappa shape index (κ1) is 23.4. The highest BCUT2D eigenvalue weighted by Crippen LogP contribution is 2.35. The Morgan fingerprint density at radius 1 is 1.15 bits per heavy atom. The third-order valence-electron chi connectivity index (χ3n) is 5.53. The fourth-order valence-corrected chi connectivity index (χ4v) is 3.86. The third-order valence-corrected chi connectivity index (χ3v) is 5.53. The Kier molecular flexibility index (Phi) is 6.38. The number of aromatic nitrogens is 2. The average molecular weight is 476 g/mol. The molecule has 1 aliphatic rings. The number of aliphatic hydroxyl groups excluding tert-OH is 1. The van der Waals surface area contributed by atoms with Crippen molar-refractivity contribution < 1.29 is 32.2 Å².